The Morgan fingerprint density at radius 3 is 2.57 bits per heavy atom. The Labute approximate surface area is 240 Å². The van der Waals surface area contributed by atoms with Gasteiger partial charge in [0.1, 0.15) is 5.82 Å². The van der Waals surface area contributed by atoms with Gasteiger partial charge in [-0.05, 0) is 37.5 Å². The summed E-state index contributed by atoms with van der Waals surface area (Å²) in [5, 5.41) is 9.72. The van der Waals surface area contributed by atoms with E-state index in [0.29, 0.717) is 55.0 Å². The Hall–Kier alpha value is -4.77. The predicted octanol–water partition coefficient (Wildman–Crippen LogP) is 4.68. The number of hydrogen-bond acceptors (Lipinski definition) is 6. The molecule has 9 nitrogen and oxygen atoms in total. The van der Waals surface area contributed by atoms with Gasteiger partial charge in [0.05, 0.1) is 40.5 Å². The molecular weight excluding hydrogens is 542 g/mol. The molecule has 2 N–H and O–H groups in total. The van der Waals surface area contributed by atoms with Crippen molar-refractivity contribution in [1.82, 2.24) is 20.1 Å². The van der Waals surface area contributed by atoms with Crippen molar-refractivity contribution in [3.8, 4) is 11.3 Å². The first-order valence-electron chi connectivity index (χ1n) is 13.8. The zero-order valence-corrected chi connectivity index (χ0v) is 22.8. The number of aromatic nitrogens is 3. The fourth-order valence-electron chi connectivity index (χ4n) is 5.27. The highest BCUT2D eigenvalue weighted by Gasteiger charge is 2.32. The van der Waals surface area contributed by atoms with Crippen LogP contribution in [0.4, 0.5) is 14.5 Å². The number of halogens is 2. The molecule has 42 heavy (non-hydrogen) atoms. The molecule has 0 unspecified atom stereocenters. The van der Waals surface area contributed by atoms with Crippen molar-refractivity contribution in [2.75, 3.05) is 18.5 Å². The third-order valence-corrected chi connectivity index (χ3v) is 7.44. The summed E-state index contributed by atoms with van der Waals surface area (Å²) in [5.41, 5.74) is 2.32. The topological polar surface area (TPSA) is 110 Å². The number of nitrogens with one attached hydrogen (secondary N) is 2. The zero-order chi connectivity index (χ0) is 29.2. The largest absolute Gasteiger partial charge is 0.381 e. The number of rotatable bonds is 6. The summed E-state index contributed by atoms with van der Waals surface area (Å²) in [4.78, 5) is 35.8. The molecule has 0 bridgehead atoms. The van der Waals surface area contributed by atoms with Crippen LogP contribution in [0.1, 0.15) is 53.0 Å². The summed E-state index contributed by atoms with van der Waals surface area (Å²) in [5.74, 6) is -2.76. The van der Waals surface area contributed by atoms with Crippen LogP contribution < -0.4 is 10.6 Å². The van der Waals surface area contributed by atoms with E-state index in [4.69, 9.17) is 4.74 Å². The number of pyridine rings is 1. The smallest absolute Gasteiger partial charge is 0.269 e. The maximum atomic E-state index is 15.4. The van der Waals surface area contributed by atoms with Gasteiger partial charge in [-0.15, -0.1) is 0 Å². The van der Waals surface area contributed by atoms with E-state index in [2.05, 4.69) is 25.7 Å². The first kappa shape index (κ1) is 27.4. The minimum atomic E-state index is -1.41. The highest BCUT2D eigenvalue weighted by molar-refractivity contribution is 6.20. The highest BCUT2D eigenvalue weighted by atomic mass is 19.1. The van der Waals surface area contributed by atoms with Crippen LogP contribution in [0.15, 0.2) is 71.9 Å². The van der Waals surface area contributed by atoms with Crippen LogP contribution in [-0.4, -0.2) is 51.7 Å². The van der Waals surface area contributed by atoms with Gasteiger partial charge in [0, 0.05) is 30.0 Å². The molecule has 4 heterocycles. The lowest BCUT2D eigenvalue weighted by atomic mass is 10.0. The Morgan fingerprint density at radius 1 is 1.05 bits per heavy atom. The van der Waals surface area contributed by atoms with E-state index < -0.39 is 29.7 Å². The molecule has 6 rings (SSSR count). The first-order valence-corrected chi connectivity index (χ1v) is 13.8. The second kappa shape index (κ2) is 11.6. The van der Waals surface area contributed by atoms with Crippen molar-refractivity contribution >= 4 is 23.2 Å². The number of para-hydroxylation sites is 1. The van der Waals surface area contributed by atoms with Gasteiger partial charge in [-0.3, -0.25) is 14.3 Å². The van der Waals surface area contributed by atoms with Gasteiger partial charge in [-0.1, -0.05) is 49.4 Å². The van der Waals surface area contributed by atoms with E-state index in [1.807, 2.05) is 13.0 Å². The molecule has 2 aromatic heterocycles. The molecule has 0 spiro atoms. The Balaban J connectivity index is 1.41. The van der Waals surface area contributed by atoms with Gasteiger partial charge >= 0.3 is 0 Å². The quantitative estimate of drug-likeness (QED) is 0.327. The minimum absolute atomic E-state index is 0.0287. The molecule has 2 aliphatic heterocycles. The van der Waals surface area contributed by atoms with Crippen molar-refractivity contribution in [2.45, 2.75) is 38.4 Å². The number of benzodiazepines with no additional fused rings is 1. The summed E-state index contributed by atoms with van der Waals surface area (Å²) < 4.78 is 37.4. The molecule has 2 aliphatic rings. The molecule has 2 amide bonds. The van der Waals surface area contributed by atoms with Gasteiger partial charge in [0.2, 0.25) is 12.1 Å². The van der Waals surface area contributed by atoms with Crippen LogP contribution in [0.2, 0.25) is 0 Å². The van der Waals surface area contributed by atoms with Crippen molar-refractivity contribution in [1.29, 1.82) is 0 Å². The van der Waals surface area contributed by atoms with Gasteiger partial charge < -0.3 is 15.4 Å². The average Bonchev–Trinajstić information content (AvgIpc) is 3.40. The van der Waals surface area contributed by atoms with E-state index in [1.54, 1.807) is 47.1 Å². The Morgan fingerprint density at radius 2 is 1.83 bits per heavy atom. The lowest BCUT2D eigenvalue weighted by Crippen LogP contribution is -2.42. The number of hydrogen-bond donors (Lipinski definition) is 2. The third kappa shape index (κ3) is 5.18. The third-order valence-electron chi connectivity index (χ3n) is 7.44. The molecule has 11 heteroatoms. The standard InChI is InChI=1S/C31H28F2N6O3/c1-2-19-11-12-22(28(33)35-19)27-23(17-34-39(27)20-13-15-42-16-14-20)30(40)38-29-31(41)37-26-21(9-6-10-24(26)32)25(36-29)18-7-4-3-5-8-18/h3-12,17,20,29H,2,13-16H2,1H3,(H,37,41)(H,38,40)/t29-/m1/s1. The number of anilines is 1. The van der Waals surface area contributed by atoms with Crippen LogP contribution in [0.25, 0.3) is 11.3 Å². The van der Waals surface area contributed by atoms with Crippen molar-refractivity contribution < 1.29 is 23.1 Å². The Bertz CT molecular complexity index is 1680. The van der Waals surface area contributed by atoms with E-state index >= 15 is 4.39 Å². The van der Waals surface area contributed by atoms with Crippen LogP contribution >= 0.6 is 0 Å². The van der Waals surface area contributed by atoms with Crippen molar-refractivity contribution in [3.63, 3.8) is 0 Å². The number of aryl methyl sites for hydroxylation is 1. The second-order valence-electron chi connectivity index (χ2n) is 10.1. The zero-order valence-electron chi connectivity index (χ0n) is 22.8. The number of aliphatic imine (C=N–C) groups is 1. The fraction of sp³-hybridized carbons (Fsp3) is 0.258. The SMILES string of the molecule is CCc1ccc(-c2c(C(=O)N[C@H]3N=C(c4ccccc4)c4cccc(F)c4NC3=O)cnn2C2CCOCC2)c(F)n1. The normalized spacial score (nSPS) is 17.2. The van der Waals surface area contributed by atoms with Crippen molar-refractivity contribution in [2.24, 2.45) is 4.99 Å². The summed E-state index contributed by atoms with van der Waals surface area (Å²) in [7, 11) is 0. The Kier molecular flexibility index (Phi) is 7.58. The lowest BCUT2D eigenvalue weighted by molar-refractivity contribution is -0.117. The van der Waals surface area contributed by atoms with E-state index in [0.717, 1.165) is 0 Å². The van der Waals surface area contributed by atoms with Crippen LogP contribution in [0.3, 0.4) is 0 Å². The van der Waals surface area contributed by atoms with Gasteiger partial charge in [0.25, 0.3) is 11.8 Å². The maximum absolute atomic E-state index is 15.4. The van der Waals surface area contributed by atoms with E-state index in [1.165, 1.54) is 18.3 Å². The summed E-state index contributed by atoms with van der Waals surface area (Å²) in [6.45, 7) is 2.90. The predicted molar refractivity (Wildman–Crippen MR) is 152 cm³/mol. The number of carbonyl (C=O) groups excluding carboxylic acids is 2. The van der Waals surface area contributed by atoms with Crippen molar-refractivity contribution in [3.05, 3.63) is 101 Å². The monoisotopic (exact) mass is 570 g/mol. The summed E-state index contributed by atoms with van der Waals surface area (Å²) in [6.07, 6.45) is 1.77. The summed E-state index contributed by atoms with van der Waals surface area (Å²) >= 11 is 0. The molecule has 0 saturated carbocycles. The van der Waals surface area contributed by atoms with Gasteiger partial charge in [0.15, 0.2) is 0 Å². The number of amides is 2. The number of nitrogens with zero attached hydrogens (tertiary/aromatic N) is 4. The van der Waals surface area contributed by atoms with Gasteiger partial charge in [-0.2, -0.15) is 9.49 Å². The molecule has 0 aliphatic carbocycles. The van der Waals surface area contributed by atoms with E-state index in [-0.39, 0.29) is 28.6 Å². The van der Waals surface area contributed by atoms with Crippen LogP contribution in [0.5, 0.6) is 0 Å². The van der Waals surface area contributed by atoms with Crippen LogP contribution in [0, 0.1) is 11.8 Å². The number of benzene rings is 2. The molecule has 1 fully saturated rings. The second-order valence-corrected chi connectivity index (χ2v) is 10.1. The number of fused-ring (bicyclic) bond motifs is 1. The molecule has 2 aromatic carbocycles. The maximum Gasteiger partial charge on any atom is 0.269 e. The number of carbonyl (C=O) groups is 2. The fourth-order valence-corrected chi connectivity index (χ4v) is 5.27. The highest BCUT2D eigenvalue weighted by Crippen LogP contribution is 2.33. The molecule has 1 atom stereocenters. The molecule has 0 radical (unpaired) electrons. The van der Waals surface area contributed by atoms with Gasteiger partial charge in [-0.25, -0.2) is 14.4 Å². The van der Waals surface area contributed by atoms with Crippen LogP contribution in [-0.2, 0) is 16.0 Å². The van der Waals surface area contributed by atoms with E-state index in [9.17, 15) is 14.0 Å². The molecular formula is C31H28F2N6O3. The average molecular weight is 571 g/mol. The molecule has 1 saturated heterocycles. The first-order chi connectivity index (χ1) is 20.4. The minimum Gasteiger partial charge on any atom is -0.381 e. The number of ether oxygens (including phenoxy) is 1. The summed E-state index contributed by atoms with van der Waals surface area (Å²) in [6, 6.07) is 16.6. The molecule has 214 valence electrons. The molecule has 4 aromatic rings. The lowest BCUT2D eigenvalue weighted by Gasteiger charge is -2.24.